The molecular weight excluding hydrogens is 255 g/mol. The number of anilines is 1. The number of hydrogen-bond donors (Lipinski definition) is 1. The normalized spacial score (nSPS) is 10.8. The van der Waals surface area contributed by atoms with Crippen LogP contribution in [0.1, 0.15) is 12.2 Å². The largest absolute Gasteiger partial charge is 0.369 e. The first kappa shape index (κ1) is 14.5. The Kier molecular flexibility index (Phi) is 5.12. The molecule has 0 amide bonds. The molecule has 0 aliphatic heterocycles. The Balaban J connectivity index is 2.08. The van der Waals surface area contributed by atoms with Gasteiger partial charge in [0.1, 0.15) is 11.6 Å². The number of nitrogens with zero attached hydrogens (tertiary/aromatic N) is 3. The first-order chi connectivity index (χ1) is 9.72. The number of para-hydroxylation sites is 1. The summed E-state index contributed by atoms with van der Waals surface area (Å²) >= 11 is 0. The Morgan fingerprint density at radius 1 is 1.30 bits per heavy atom. The van der Waals surface area contributed by atoms with Gasteiger partial charge >= 0.3 is 0 Å². The van der Waals surface area contributed by atoms with Crippen LogP contribution in [-0.2, 0) is 13.5 Å². The molecule has 2 N–H and O–H groups in total. The zero-order chi connectivity index (χ0) is 14.4. The van der Waals surface area contributed by atoms with E-state index in [0.717, 1.165) is 31.8 Å². The Labute approximate surface area is 119 Å². The summed E-state index contributed by atoms with van der Waals surface area (Å²) in [6, 6.07) is 6.86. The number of imidazole rings is 1. The van der Waals surface area contributed by atoms with Gasteiger partial charge in [0, 0.05) is 39.0 Å². The van der Waals surface area contributed by atoms with Crippen LogP contribution in [-0.4, -0.2) is 29.2 Å². The van der Waals surface area contributed by atoms with Gasteiger partial charge in [0.2, 0.25) is 0 Å². The Morgan fingerprint density at radius 2 is 2.10 bits per heavy atom. The summed E-state index contributed by atoms with van der Waals surface area (Å²) in [5, 5.41) is 0. The van der Waals surface area contributed by atoms with Crippen molar-refractivity contribution in [2.24, 2.45) is 12.8 Å². The molecule has 1 heterocycles. The van der Waals surface area contributed by atoms with E-state index in [9.17, 15) is 4.39 Å². The predicted molar refractivity (Wildman–Crippen MR) is 79.2 cm³/mol. The van der Waals surface area contributed by atoms with E-state index in [1.165, 1.54) is 6.07 Å². The lowest BCUT2D eigenvalue weighted by Gasteiger charge is -2.25. The van der Waals surface area contributed by atoms with Crippen LogP contribution in [0.3, 0.4) is 0 Å². The van der Waals surface area contributed by atoms with Crippen molar-refractivity contribution in [3.05, 3.63) is 48.3 Å². The van der Waals surface area contributed by atoms with E-state index in [4.69, 9.17) is 5.73 Å². The number of benzene rings is 1. The van der Waals surface area contributed by atoms with E-state index in [-0.39, 0.29) is 5.82 Å². The number of aryl methyl sites for hydroxylation is 1. The van der Waals surface area contributed by atoms with E-state index >= 15 is 0 Å². The van der Waals surface area contributed by atoms with Gasteiger partial charge in [-0.05, 0) is 25.1 Å². The fourth-order valence-electron chi connectivity index (χ4n) is 2.22. The highest BCUT2D eigenvalue weighted by atomic mass is 19.1. The second-order valence-electron chi connectivity index (χ2n) is 4.79. The van der Waals surface area contributed by atoms with Gasteiger partial charge < -0.3 is 15.2 Å². The molecule has 0 atom stereocenters. The summed E-state index contributed by atoms with van der Waals surface area (Å²) in [4.78, 5) is 6.34. The number of rotatable bonds is 7. The van der Waals surface area contributed by atoms with Gasteiger partial charge in [-0.2, -0.15) is 0 Å². The average molecular weight is 276 g/mol. The second-order valence-corrected chi connectivity index (χ2v) is 4.79. The SMILES string of the molecule is Cn1ccnc1CCN(CCCN)c1ccccc1F. The van der Waals surface area contributed by atoms with Crippen LogP contribution in [0.2, 0.25) is 0 Å². The van der Waals surface area contributed by atoms with Crippen molar-refractivity contribution >= 4 is 5.69 Å². The number of hydrogen-bond acceptors (Lipinski definition) is 3. The van der Waals surface area contributed by atoms with Crippen molar-refractivity contribution in [3.63, 3.8) is 0 Å². The van der Waals surface area contributed by atoms with E-state index in [1.54, 1.807) is 12.3 Å². The third-order valence-electron chi connectivity index (χ3n) is 3.35. The monoisotopic (exact) mass is 276 g/mol. The van der Waals surface area contributed by atoms with Gasteiger partial charge in [0.25, 0.3) is 0 Å². The molecule has 0 saturated heterocycles. The molecular formula is C15H21FN4. The van der Waals surface area contributed by atoms with Crippen molar-refractivity contribution in [1.82, 2.24) is 9.55 Å². The highest BCUT2D eigenvalue weighted by molar-refractivity contribution is 5.47. The summed E-state index contributed by atoms with van der Waals surface area (Å²) < 4.78 is 15.9. The fourth-order valence-corrected chi connectivity index (χ4v) is 2.22. The standard InChI is InChI=1S/C15H21FN4/c1-19-12-9-18-15(19)7-11-20(10-4-8-17)14-6-3-2-5-13(14)16/h2-3,5-6,9,12H,4,7-8,10-11,17H2,1H3. The van der Waals surface area contributed by atoms with Crippen LogP contribution in [0.15, 0.2) is 36.7 Å². The van der Waals surface area contributed by atoms with Crippen molar-refractivity contribution in [3.8, 4) is 0 Å². The average Bonchev–Trinajstić information content (AvgIpc) is 2.86. The minimum absolute atomic E-state index is 0.190. The molecule has 0 spiro atoms. The molecule has 0 aliphatic rings. The van der Waals surface area contributed by atoms with E-state index in [0.29, 0.717) is 12.2 Å². The maximum atomic E-state index is 13.9. The molecule has 20 heavy (non-hydrogen) atoms. The lowest BCUT2D eigenvalue weighted by molar-refractivity contribution is 0.609. The van der Waals surface area contributed by atoms with Crippen LogP contribution >= 0.6 is 0 Å². The number of nitrogens with two attached hydrogens (primary N) is 1. The maximum Gasteiger partial charge on any atom is 0.146 e. The fraction of sp³-hybridized carbons (Fsp3) is 0.400. The highest BCUT2D eigenvalue weighted by Crippen LogP contribution is 2.19. The van der Waals surface area contributed by atoms with Crippen LogP contribution in [0, 0.1) is 5.82 Å². The van der Waals surface area contributed by atoms with Gasteiger partial charge in [-0.15, -0.1) is 0 Å². The summed E-state index contributed by atoms with van der Waals surface area (Å²) in [5.74, 6) is 0.809. The van der Waals surface area contributed by atoms with Crippen LogP contribution in [0.25, 0.3) is 0 Å². The second kappa shape index (κ2) is 7.05. The Bertz CT molecular complexity index is 538. The van der Waals surface area contributed by atoms with E-state index < -0.39 is 0 Å². The van der Waals surface area contributed by atoms with Crippen LogP contribution in [0.4, 0.5) is 10.1 Å². The highest BCUT2D eigenvalue weighted by Gasteiger charge is 2.11. The minimum Gasteiger partial charge on any atom is -0.369 e. The van der Waals surface area contributed by atoms with Gasteiger partial charge in [0.15, 0.2) is 0 Å². The molecule has 4 nitrogen and oxygen atoms in total. The number of halogens is 1. The van der Waals surface area contributed by atoms with Crippen molar-refractivity contribution < 1.29 is 4.39 Å². The van der Waals surface area contributed by atoms with E-state index in [1.807, 2.05) is 34.8 Å². The third kappa shape index (κ3) is 3.57. The summed E-state index contributed by atoms with van der Waals surface area (Å²) in [6.45, 7) is 2.08. The van der Waals surface area contributed by atoms with Gasteiger partial charge in [-0.3, -0.25) is 0 Å². The van der Waals surface area contributed by atoms with Gasteiger partial charge in [-0.1, -0.05) is 12.1 Å². The topological polar surface area (TPSA) is 47.1 Å². The molecule has 108 valence electrons. The summed E-state index contributed by atoms with van der Waals surface area (Å²) in [5.41, 5.74) is 6.21. The van der Waals surface area contributed by atoms with Crippen LogP contribution in [0.5, 0.6) is 0 Å². The smallest absolute Gasteiger partial charge is 0.146 e. The first-order valence-corrected chi connectivity index (χ1v) is 6.88. The minimum atomic E-state index is -0.190. The van der Waals surface area contributed by atoms with Crippen molar-refractivity contribution in [1.29, 1.82) is 0 Å². The molecule has 5 heteroatoms. The summed E-state index contributed by atoms with van der Waals surface area (Å²) in [7, 11) is 1.97. The molecule has 0 bridgehead atoms. The molecule has 0 fully saturated rings. The van der Waals surface area contributed by atoms with Crippen molar-refractivity contribution in [2.75, 3.05) is 24.5 Å². The molecule has 0 aliphatic carbocycles. The third-order valence-corrected chi connectivity index (χ3v) is 3.35. The lowest BCUT2D eigenvalue weighted by atomic mass is 10.2. The van der Waals surface area contributed by atoms with Gasteiger partial charge in [0.05, 0.1) is 5.69 Å². The lowest BCUT2D eigenvalue weighted by Crippen LogP contribution is -2.29. The summed E-state index contributed by atoms with van der Waals surface area (Å²) in [6.07, 6.45) is 5.32. The maximum absolute atomic E-state index is 13.9. The van der Waals surface area contributed by atoms with Gasteiger partial charge in [-0.25, -0.2) is 9.37 Å². The molecule has 2 rings (SSSR count). The molecule has 0 radical (unpaired) electrons. The predicted octanol–water partition coefficient (Wildman–Crippen LogP) is 1.96. The first-order valence-electron chi connectivity index (χ1n) is 6.88. The zero-order valence-electron chi connectivity index (χ0n) is 11.8. The quantitative estimate of drug-likeness (QED) is 0.841. The zero-order valence-corrected chi connectivity index (χ0v) is 11.8. The molecule has 0 saturated carbocycles. The molecule has 1 aromatic carbocycles. The van der Waals surface area contributed by atoms with Crippen molar-refractivity contribution in [2.45, 2.75) is 12.8 Å². The van der Waals surface area contributed by atoms with Crippen LogP contribution < -0.4 is 10.6 Å². The number of aromatic nitrogens is 2. The van der Waals surface area contributed by atoms with E-state index in [2.05, 4.69) is 4.98 Å². The molecule has 2 aromatic rings. The molecule has 1 aromatic heterocycles. The molecule has 0 unspecified atom stereocenters. The Hall–Kier alpha value is -1.88. The Morgan fingerprint density at radius 3 is 2.75 bits per heavy atom.